The molecule has 0 aliphatic heterocycles. The molecule has 1 aliphatic carbocycles. The van der Waals surface area contributed by atoms with E-state index < -0.39 is 0 Å². The fraction of sp³-hybridized carbons (Fsp3) is 0.667. The number of amides is 1. The van der Waals surface area contributed by atoms with Gasteiger partial charge < -0.3 is 10.2 Å². The molecule has 1 N–H and O–H groups in total. The van der Waals surface area contributed by atoms with Crippen molar-refractivity contribution in [1.82, 2.24) is 14.9 Å². The number of aromatic nitrogens is 2. The number of carbonyl (C=O) groups is 1. The van der Waals surface area contributed by atoms with Crippen LogP contribution in [0.15, 0.2) is 12.4 Å². The maximum absolute atomic E-state index is 12.5. The van der Waals surface area contributed by atoms with Crippen molar-refractivity contribution in [2.75, 3.05) is 18.4 Å². The van der Waals surface area contributed by atoms with Crippen LogP contribution in [0.3, 0.4) is 0 Å². The summed E-state index contributed by atoms with van der Waals surface area (Å²) in [5.74, 6) is 0.737. The van der Waals surface area contributed by atoms with Crippen LogP contribution < -0.4 is 5.32 Å². The molecule has 5 heteroatoms. The number of carbonyl (C=O) groups excluding carboxylic acids is 1. The molecule has 5 nitrogen and oxygen atoms in total. The predicted molar refractivity (Wildman–Crippen MR) is 79.8 cm³/mol. The van der Waals surface area contributed by atoms with Crippen molar-refractivity contribution in [3.8, 4) is 0 Å². The lowest BCUT2D eigenvalue weighted by atomic mass is 10.2. The second-order valence-corrected chi connectivity index (χ2v) is 5.24. The quantitative estimate of drug-likeness (QED) is 0.868. The highest BCUT2D eigenvalue weighted by molar-refractivity contribution is 5.92. The van der Waals surface area contributed by atoms with Crippen LogP contribution in [0.1, 0.15) is 56.4 Å². The Morgan fingerprint density at radius 3 is 2.60 bits per heavy atom. The van der Waals surface area contributed by atoms with Gasteiger partial charge in [0.05, 0.1) is 12.4 Å². The first-order chi connectivity index (χ1) is 9.76. The number of nitrogens with zero attached hydrogens (tertiary/aromatic N) is 3. The van der Waals surface area contributed by atoms with Gasteiger partial charge in [-0.2, -0.15) is 0 Å². The van der Waals surface area contributed by atoms with Crippen LogP contribution in [0.5, 0.6) is 0 Å². The second kappa shape index (κ2) is 7.22. The van der Waals surface area contributed by atoms with Crippen molar-refractivity contribution in [3.63, 3.8) is 0 Å². The summed E-state index contributed by atoms with van der Waals surface area (Å²) >= 11 is 0. The second-order valence-electron chi connectivity index (χ2n) is 5.24. The molecule has 0 radical (unpaired) electrons. The molecule has 110 valence electrons. The van der Waals surface area contributed by atoms with E-state index in [1.54, 1.807) is 12.4 Å². The van der Waals surface area contributed by atoms with Crippen molar-refractivity contribution in [2.45, 2.75) is 52.0 Å². The highest BCUT2D eigenvalue weighted by Crippen LogP contribution is 2.24. The number of hydrogen-bond acceptors (Lipinski definition) is 4. The van der Waals surface area contributed by atoms with Crippen molar-refractivity contribution < 1.29 is 4.79 Å². The molecule has 1 aromatic rings. The Morgan fingerprint density at radius 2 is 2.05 bits per heavy atom. The molecule has 0 spiro atoms. The van der Waals surface area contributed by atoms with Crippen LogP contribution >= 0.6 is 0 Å². The Labute approximate surface area is 120 Å². The van der Waals surface area contributed by atoms with E-state index in [-0.39, 0.29) is 5.91 Å². The lowest BCUT2D eigenvalue weighted by Gasteiger charge is -2.27. The van der Waals surface area contributed by atoms with Crippen molar-refractivity contribution in [3.05, 3.63) is 18.1 Å². The number of hydrogen-bond donors (Lipinski definition) is 1. The van der Waals surface area contributed by atoms with Crippen LogP contribution in [-0.4, -0.2) is 39.9 Å². The molecule has 1 heterocycles. The predicted octanol–water partition coefficient (Wildman–Crippen LogP) is 2.70. The normalized spacial score (nSPS) is 15.3. The highest BCUT2D eigenvalue weighted by atomic mass is 16.2. The summed E-state index contributed by atoms with van der Waals surface area (Å²) in [7, 11) is 0. The van der Waals surface area contributed by atoms with E-state index in [1.807, 2.05) is 11.8 Å². The van der Waals surface area contributed by atoms with Crippen molar-refractivity contribution in [1.29, 1.82) is 0 Å². The SMILES string of the molecule is CCCNc1cnc(C(=O)N(CC)C2CCCC2)cn1. The average Bonchev–Trinajstić information content (AvgIpc) is 3.00. The molecule has 1 saturated carbocycles. The summed E-state index contributed by atoms with van der Waals surface area (Å²) in [5, 5.41) is 3.16. The van der Waals surface area contributed by atoms with Crippen molar-refractivity contribution >= 4 is 11.7 Å². The van der Waals surface area contributed by atoms with Crippen molar-refractivity contribution in [2.24, 2.45) is 0 Å². The number of nitrogens with one attached hydrogen (secondary N) is 1. The van der Waals surface area contributed by atoms with E-state index in [0.29, 0.717) is 11.7 Å². The van der Waals surface area contributed by atoms with Gasteiger partial charge in [0.1, 0.15) is 11.5 Å². The van der Waals surface area contributed by atoms with Gasteiger partial charge in [-0.3, -0.25) is 4.79 Å². The zero-order chi connectivity index (χ0) is 14.4. The Morgan fingerprint density at radius 1 is 1.30 bits per heavy atom. The highest BCUT2D eigenvalue weighted by Gasteiger charge is 2.26. The van der Waals surface area contributed by atoms with Gasteiger partial charge in [0.15, 0.2) is 0 Å². The minimum Gasteiger partial charge on any atom is -0.369 e. The average molecular weight is 276 g/mol. The van der Waals surface area contributed by atoms with Gasteiger partial charge in [-0.05, 0) is 26.2 Å². The summed E-state index contributed by atoms with van der Waals surface area (Å²) in [6.45, 7) is 5.73. The summed E-state index contributed by atoms with van der Waals surface area (Å²) in [6, 6.07) is 0.382. The molecule has 0 saturated heterocycles. The zero-order valence-corrected chi connectivity index (χ0v) is 12.4. The minimum absolute atomic E-state index is 0.00828. The third-order valence-corrected chi connectivity index (χ3v) is 3.79. The van der Waals surface area contributed by atoms with Crippen LogP contribution in [0.4, 0.5) is 5.82 Å². The van der Waals surface area contributed by atoms with Gasteiger partial charge in [-0.1, -0.05) is 19.8 Å². The van der Waals surface area contributed by atoms with Crippen LogP contribution in [0.2, 0.25) is 0 Å². The summed E-state index contributed by atoms with van der Waals surface area (Å²) < 4.78 is 0. The van der Waals surface area contributed by atoms with Crippen LogP contribution in [-0.2, 0) is 0 Å². The van der Waals surface area contributed by atoms with Gasteiger partial charge in [0.25, 0.3) is 5.91 Å². The van der Waals surface area contributed by atoms with E-state index in [1.165, 1.54) is 12.8 Å². The van der Waals surface area contributed by atoms with Gasteiger partial charge in [-0.15, -0.1) is 0 Å². The fourth-order valence-electron chi connectivity index (χ4n) is 2.71. The Hall–Kier alpha value is -1.65. The summed E-state index contributed by atoms with van der Waals surface area (Å²) in [5.41, 5.74) is 0.445. The molecular weight excluding hydrogens is 252 g/mol. The minimum atomic E-state index is 0.00828. The summed E-state index contributed by atoms with van der Waals surface area (Å²) in [4.78, 5) is 22.9. The van der Waals surface area contributed by atoms with E-state index in [9.17, 15) is 4.79 Å². The molecule has 2 rings (SSSR count). The maximum atomic E-state index is 12.5. The first kappa shape index (κ1) is 14.8. The number of rotatable bonds is 6. The monoisotopic (exact) mass is 276 g/mol. The lowest BCUT2D eigenvalue weighted by Crippen LogP contribution is -2.39. The Kier molecular flexibility index (Phi) is 5.32. The molecule has 20 heavy (non-hydrogen) atoms. The van der Waals surface area contributed by atoms with Gasteiger partial charge in [-0.25, -0.2) is 9.97 Å². The number of anilines is 1. The topological polar surface area (TPSA) is 58.1 Å². The molecule has 1 aliphatic rings. The molecule has 1 aromatic heterocycles. The zero-order valence-electron chi connectivity index (χ0n) is 12.4. The maximum Gasteiger partial charge on any atom is 0.274 e. The standard InChI is InChI=1S/C15H24N4O/c1-3-9-16-14-11-17-13(10-18-14)15(20)19(4-2)12-7-5-6-8-12/h10-12H,3-9H2,1-2H3,(H,16,18). The molecule has 0 bridgehead atoms. The Balaban J connectivity index is 2.03. The Bertz CT molecular complexity index is 426. The summed E-state index contributed by atoms with van der Waals surface area (Å²) in [6.07, 6.45) is 8.93. The van der Waals surface area contributed by atoms with E-state index in [0.717, 1.165) is 38.2 Å². The van der Waals surface area contributed by atoms with Crippen LogP contribution in [0, 0.1) is 0 Å². The third-order valence-electron chi connectivity index (χ3n) is 3.79. The first-order valence-corrected chi connectivity index (χ1v) is 7.63. The van der Waals surface area contributed by atoms with Gasteiger partial charge >= 0.3 is 0 Å². The fourth-order valence-corrected chi connectivity index (χ4v) is 2.71. The molecule has 1 fully saturated rings. The lowest BCUT2D eigenvalue weighted by molar-refractivity contribution is 0.0687. The molecule has 1 amide bonds. The van der Waals surface area contributed by atoms with E-state index >= 15 is 0 Å². The van der Waals surface area contributed by atoms with Gasteiger partial charge in [0.2, 0.25) is 0 Å². The van der Waals surface area contributed by atoms with E-state index in [4.69, 9.17) is 0 Å². The third kappa shape index (κ3) is 3.46. The van der Waals surface area contributed by atoms with Crippen LogP contribution in [0.25, 0.3) is 0 Å². The molecule has 0 aromatic carbocycles. The molecular formula is C15H24N4O. The molecule has 0 unspecified atom stereocenters. The largest absolute Gasteiger partial charge is 0.369 e. The molecule has 0 atom stereocenters. The first-order valence-electron chi connectivity index (χ1n) is 7.63. The van der Waals surface area contributed by atoms with Gasteiger partial charge in [0, 0.05) is 19.1 Å². The smallest absolute Gasteiger partial charge is 0.274 e. The van der Waals surface area contributed by atoms with E-state index in [2.05, 4.69) is 22.2 Å².